The molecule has 0 fully saturated rings. The lowest BCUT2D eigenvalue weighted by atomic mass is 10.1. The number of ketones is 1. The third-order valence-electron chi connectivity index (χ3n) is 3.67. The minimum absolute atomic E-state index is 0.163. The van der Waals surface area contributed by atoms with Crippen molar-refractivity contribution in [2.24, 2.45) is 0 Å². The summed E-state index contributed by atoms with van der Waals surface area (Å²) < 4.78 is 29.7. The van der Waals surface area contributed by atoms with Crippen molar-refractivity contribution >= 4 is 39.2 Å². The molecule has 0 aromatic heterocycles. The van der Waals surface area contributed by atoms with Gasteiger partial charge in [-0.2, -0.15) is 0 Å². The standard InChI is InChI=1S/C19H18N2O7S/c1-13(19(23)15-7-10-16(11-8-15)20-29(2,26)27)28-18(22)12-9-14-5-3-4-6-17(14)21(24)25/h3-13,20H,1-2H3/b12-9+. The molecule has 0 aliphatic rings. The van der Waals surface area contributed by atoms with Crippen molar-refractivity contribution in [1.29, 1.82) is 0 Å². The maximum Gasteiger partial charge on any atom is 0.331 e. The lowest BCUT2D eigenvalue weighted by Gasteiger charge is -2.11. The zero-order chi connectivity index (χ0) is 21.6. The molecule has 0 heterocycles. The van der Waals surface area contributed by atoms with Gasteiger partial charge < -0.3 is 4.74 Å². The Morgan fingerprint density at radius 1 is 1.14 bits per heavy atom. The van der Waals surface area contributed by atoms with Crippen LogP contribution < -0.4 is 4.72 Å². The highest BCUT2D eigenvalue weighted by Crippen LogP contribution is 2.19. The molecule has 1 N–H and O–H groups in total. The second-order valence-corrected chi connectivity index (χ2v) is 7.79. The predicted octanol–water partition coefficient (Wildman–Crippen LogP) is 2.79. The first-order chi connectivity index (χ1) is 13.6. The number of para-hydroxylation sites is 1. The summed E-state index contributed by atoms with van der Waals surface area (Å²) in [6.07, 6.45) is 2.14. The number of nitrogens with one attached hydrogen (secondary N) is 1. The summed E-state index contributed by atoms with van der Waals surface area (Å²) in [4.78, 5) is 34.7. The van der Waals surface area contributed by atoms with E-state index >= 15 is 0 Å². The maximum absolute atomic E-state index is 12.4. The number of carbonyl (C=O) groups is 2. The van der Waals surface area contributed by atoms with Crippen LogP contribution in [0.4, 0.5) is 11.4 Å². The number of ether oxygens (including phenoxy) is 1. The third-order valence-corrected chi connectivity index (χ3v) is 4.27. The molecule has 9 nitrogen and oxygen atoms in total. The Labute approximate surface area is 167 Å². The van der Waals surface area contributed by atoms with Crippen molar-refractivity contribution in [3.05, 3.63) is 75.8 Å². The lowest BCUT2D eigenvalue weighted by Crippen LogP contribution is -2.23. The van der Waals surface area contributed by atoms with E-state index in [-0.39, 0.29) is 16.8 Å². The molecule has 10 heteroatoms. The maximum atomic E-state index is 12.4. The van der Waals surface area contributed by atoms with Crippen LogP contribution in [0.5, 0.6) is 0 Å². The Bertz CT molecular complexity index is 1060. The molecule has 2 aromatic rings. The van der Waals surface area contributed by atoms with Crippen molar-refractivity contribution in [2.75, 3.05) is 11.0 Å². The van der Waals surface area contributed by atoms with E-state index in [0.29, 0.717) is 5.69 Å². The van der Waals surface area contributed by atoms with E-state index < -0.39 is 32.8 Å². The van der Waals surface area contributed by atoms with Crippen molar-refractivity contribution in [3.8, 4) is 0 Å². The average molecular weight is 418 g/mol. The van der Waals surface area contributed by atoms with Gasteiger partial charge in [-0.05, 0) is 43.3 Å². The molecule has 0 saturated heterocycles. The predicted molar refractivity (Wildman–Crippen MR) is 107 cm³/mol. The third kappa shape index (κ3) is 6.54. The van der Waals surface area contributed by atoms with Gasteiger partial charge in [0.05, 0.1) is 16.7 Å². The van der Waals surface area contributed by atoms with E-state index in [1.54, 1.807) is 6.07 Å². The van der Waals surface area contributed by atoms with E-state index in [4.69, 9.17) is 4.74 Å². The Hall–Kier alpha value is -3.53. The summed E-state index contributed by atoms with van der Waals surface area (Å²) in [5.41, 5.74) is 0.582. The molecule has 1 unspecified atom stereocenters. The number of sulfonamides is 1. The van der Waals surface area contributed by atoms with Crippen molar-refractivity contribution in [1.82, 2.24) is 0 Å². The summed E-state index contributed by atoms with van der Waals surface area (Å²) >= 11 is 0. The Morgan fingerprint density at radius 3 is 2.34 bits per heavy atom. The fraction of sp³-hybridized carbons (Fsp3) is 0.158. The summed E-state index contributed by atoms with van der Waals surface area (Å²) in [5, 5.41) is 11.0. The zero-order valence-corrected chi connectivity index (χ0v) is 16.4. The number of hydrogen-bond acceptors (Lipinski definition) is 7. The average Bonchev–Trinajstić information content (AvgIpc) is 2.65. The first-order valence-electron chi connectivity index (χ1n) is 8.31. The lowest BCUT2D eigenvalue weighted by molar-refractivity contribution is -0.385. The topological polar surface area (TPSA) is 133 Å². The number of benzene rings is 2. The minimum Gasteiger partial charge on any atom is -0.451 e. The molecule has 2 rings (SSSR count). The van der Waals surface area contributed by atoms with Gasteiger partial charge in [-0.25, -0.2) is 13.2 Å². The Kier molecular flexibility index (Phi) is 6.84. The fourth-order valence-electron chi connectivity index (χ4n) is 2.37. The molecule has 152 valence electrons. The molecule has 0 bridgehead atoms. The molecule has 0 aliphatic heterocycles. The largest absolute Gasteiger partial charge is 0.451 e. The van der Waals surface area contributed by atoms with Gasteiger partial charge >= 0.3 is 5.97 Å². The highest BCUT2D eigenvalue weighted by atomic mass is 32.2. The number of esters is 1. The van der Waals surface area contributed by atoms with Crippen LogP contribution in [0.3, 0.4) is 0 Å². The van der Waals surface area contributed by atoms with Gasteiger partial charge in [-0.15, -0.1) is 0 Å². The first-order valence-corrected chi connectivity index (χ1v) is 10.2. The number of Topliss-reactive ketones (excluding diaryl/α,β-unsaturated/α-hetero) is 1. The zero-order valence-electron chi connectivity index (χ0n) is 15.6. The Morgan fingerprint density at radius 2 is 1.76 bits per heavy atom. The van der Waals surface area contributed by atoms with Gasteiger partial charge in [-0.1, -0.05) is 12.1 Å². The van der Waals surface area contributed by atoms with Gasteiger partial charge in [0.25, 0.3) is 5.69 Å². The van der Waals surface area contributed by atoms with Gasteiger partial charge in [0.2, 0.25) is 15.8 Å². The molecule has 0 radical (unpaired) electrons. The number of rotatable bonds is 8. The molecule has 0 spiro atoms. The van der Waals surface area contributed by atoms with Crippen LogP contribution in [0.1, 0.15) is 22.8 Å². The normalized spacial score (nSPS) is 12.3. The number of carbonyl (C=O) groups excluding carboxylic acids is 2. The van der Waals surface area contributed by atoms with E-state index in [1.807, 2.05) is 0 Å². The van der Waals surface area contributed by atoms with Crippen molar-refractivity contribution in [3.63, 3.8) is 0 Å². The van der Waals surface area contributed by atoms with E-state index in [0.717, 1.165) is 12.3 Å². The highest BCUT2D eigenvalue weighted by Gasteiger charge is 2.19. The van der Waals surface area contributed by atoms with Crippen LogP contribution in [0.25, 0.3) is 6.08 Å². The second-order valence-electron chi connectivity index (χ2n) is 6.04. The molecule has 29 heavy (non-hydrogen) atoms. The smallest absolute Gasteiger partial charge is 0.331 e. The molecule has 2 aromatic carbocycles. The summed E-state index contributed by atoms with van der Waals surface area (Å²) in [5.74, 6) is -1.32. The molecular formula is C19H18N2O7S. The van der Waals surface area contributed by atoms with Crippen molar-refractivity contribution < 1.29 is 27.7 Å². The van der Waals surface area contributed by atoms with E-state index in [2.05, 4.69) is 4.72 Å². The van der Waals surface area contributed by atoms with Crippen LogP contribution >= 0.6 is 0 Å². The monoisotopic (exact) mass is 418 g/mol. The quantitative estimate of drug-likeness (QED) is 0.229. The van der Waals surface area contributed by atoms with Crippen LogP contribution in [0, 0.1) is 10.1 Å². The van der Waals surface area contributed by atoms with E-state index in [1.165, 1.54) is 55.5 Å². The van der Waals surface area contributed by atoms with Gasteiger partial charge in [-0.3, -0.25) is 19.6 Å². The summed E-state index contributed by atoms with van der Waals surface area (Å²) in [6, 6.07) is 11.5. The number of nitro benzene ring substituents is 1. The summed E-state index contributed by atoms with van der Waals surface area (Å²) in [7, 11) is -3.43. The molecular weight excluding hydrogens is 400 g/mol. The van der Waals surface area contributed by atoms with Crippen LogP contribution in [0.2, 0.25) is 0 Å². The number of anilines is 1. The number of nitrogens with zero attached hydrogens (tertiary/aromatic N) is 1. The van der Waals surface area contributed by atoms with Crippen LogP contribution in [-0.2, 0) is 19.6 Å². The van der Waals surface area contributed by atoms with Crippen LogP contribution in [0.15, 0.2) is 54.6 Å². The fourth-order valence-corrected chi connectivity index (χ4v) is 2.94. The molecule has 1 atom stereocenters. The molecule has 0 saturated carbocycles. The number of hydrogen-bond donors (Lipinski definition) is 1. The van der Waals surface area contributed by atoms with Gasteiger partial charge in [0.1, 0.15) is 0 Å². The molecule has 0 amide bonds. The number of nitro groups is 1. The summed E-state index contributed by atoms with van der Waals surface area (Å²) in [6.45, 7) is 1.39. The van der Waals surface area contributed by atoms with Gasteiger partial charge in [0, 0.05) is 23.4 Å². The first kappa shape index (κ1) is 21.8. The second kappa shape index (κ2) is 9.11. The van der Waals surface area contributed by atoms with Crippen molar-refractivity contribution in [2.45, 2.75) is 13.0 Å². The highest BCUT2D eigenvalue weighted by molar-refractivity contribution is 7.92. The van der Waals surface area contributed by atoms with E-state index in [9.17, 15) is 28.1 Å². The SMILES string of the molecule is CC(OC(=O)/C=C/c1ccccc1[N+](=O)[O-])C(=O)c1ccc(NS(C)(=O)=O)cc1. The van der Waals surface area contributed by atoms with Crippen LogP contribution in [-0.4, -0.2) is 37.5 Å². The Balaban J connectivity index is 2.02. The van der Waals surface area contributed by atoms with Gasteiger partial charge in [0.15, 0.2) is 6.10 Å². The minimum atomic E-state index is -3.43. The molecule has 0 aliphatic carbocycles.